The molecule has 1 atom stereocenters. The molecule has 2 N–H and O–H groups in total. The van der Waals surface area contributed by atoms with Gasteiger partial charge in [-0.2, -0.15) is 13.2 Å². The Hall–Kier alpha value is -5.91. The molecule has 2 heterocycles. The summed E-state index contributed by atoms with van der Waals surface area (Å²) >= 11 is 0. The lowest BCUT2D eigenvalue weighted by Crippen LogP contribution is -2.43. The third-order valence-electron chi connectivity index (χ3n) is 8.19. The fraction of sp³-hybridized carbons (Fsp3) is 0.111. The Kier molecular flexibility index (Phi) is 8.25. The van der Waals surface area contributed by atoms with E-state index < -0.39 is 64.4 Å². The second-order valence-electron chi connectivity index (χ2n) is 11.0. The number of amides is 1. The summed E-state index contributed by atoms with van der Waals surface area (Å²) in [5, 5.41) is 12.6. The van der Waals surface area contributed by atoms with Gasteiger partial charge in [-0.25, -0.2) is 13.6 Å². The molecule has 0 spiro atoms. The van der Waals surface area contributed by atoms with Gasteiger partial charge in [-0.1, -0.05) is 60.7 Å². The van der Waals surface area contributed by atoms with Crippen molar-refractivity contribution in [2.24, 2.45) is 7.05 Å². The summed E-state index contributed by atoms with van der Waals surface area (Å²) in [6.45, 7) is 0. The van der Waals surface area contributed by atoms with Crippen molar-refractivity contribution < 1.29 is 36.6 Å². The average molecular weight is 658 g/mol. The first-order chi connectivity index (χ1) is 22.9. The number of hydrogen-bond acceptors (Lipinski definition) is 4. The van der Waals surface area contributed by atoms with Gasteiger partial charge in [-0.15, -0.1) is 0 Å². The molecule has 6 aromatic rings. The van der Waals surface area contributed by atoms with Crippen molar-refractivity contribution in [2.75, 3.05) is 0 Å². The van der Waals surface area contributed by atoms with E-state index in [1.54, 1.807) is 6.07 Å². The van der Waals surface area contributed by atoms with E-state index in [1.165, 1.54) is 86.2 Å². The topological polar surface area (TPSA) is 101 Å². The molecule has 12 heteroatoms. The number of pyridine rings is 2. The van der Waals surface area contributed by atoms with Crippen LogP contribution in [-0.2, 0) is 24.4 Å². The summed E-state index contributed by atoms with van der Waals surface area (Å²) in [6.07, 6.45) is -2.55. The van der Waals surface area contributed by atoms with E-state index in [1.807, 2.05) is 0 Å². The first-order valence-corrected chi connectivity index (χ1v) is 14.5. The molecule has 4 aromatic carbocycles. The van der Waals surface area contributed by atoms with Crippen molar-refractivity contribution in [3.05, 3.63) is 136 Å². The smallest absolute Gasteiger partial charge is 0.417 e. The van der Waals surface area contributed by atoms with Crippen LogP contribution in [0.5, 0.6) is 0 Å². The Morgan fingerprint density at radius 3 is 2.29 bits per heavy atom. The molecule has 0 aliphatic rings. The minimum Gasteiger partial charge on any atom is -0.480 e. The van der Waals surface area contributed by atoms with Crippen LogP contribution in [0.4, 0.5) is 22.0 Å². The molecular weight excluding hydrogens is 633 g/mol. The molecule has 0 aliphatic heterocycles. The molecule has 0 unspecified atom stereocenters. The Morgan fingerprint density at radius 2 is 1.58 bits per heavy atom. The number of rotatable bonds is 7. The highest BCUT2D eigenvalue weighted by molar-refractivity contribution is 6.02. The van der Waals surface area contributed by atoms with Gasteiger partial charge in [0.2, 0.25) is 0 Å². The zero-order valence-electron chi connectivity index (χ0n) is 25.0. The predicted octanol–water partition coefficient (Wildman–Crippen LogP) is 7.14. The minimum absolute atomic E-state index is 0.0275. The number of carbonyl (C=O) groups excluding carboxylic acids is 1. The van der Waals surface area contributed by atoms with Crippen LogP contribution in [-0.4, -0.2) is 32.6 Å². The maximum absolute atomic E-state index is 15.5. The molecule has 0 aliphatic carbocycles. The zero-order chi connectivity index (χ0) is 34.3. The highest BCUT2D eigenvalue weighted by atomic mass is 19.4. The van der Waals surface area contributed by atoms with Crippen molar-refractivity contribution in [1.29, 1.82) is 0 Å². The second-order valence-corrected chi connectivity index (χ2v) is 11.0. The van der Waals surface area contributed by atoms with Gasteiger partial charge >= 0.3 is 12.1 Å². The highest BCUT2D eigenvalue weighted by Crippen LogP contribution is 2.42. The summed E-state index contributed by atoms with van der Waals surface area (Å²) in [5.41, 5.74) is -3.05. The number of fused-ring (bicyclic) bond motifs is 2. The van der Waals surface area contributed by atoms with Crippen LogP contribution >= 0.6 is 0 Å². The summed E-state index contributed by atoms with van der Waals surface area (Å²) < 4.78 is 75.3. The van der Waals surface area contributed by atoms with Crippen molar-refractivity contribution in [3.63, 3.8) is 0 Å². The Balaban J connectivity index is 1.42. The minimum atomic E-state index is -4.90. The molecule has 6 rings (SSSR count). The van der Waals surface area contributed by atoms with Crippen molar-refractivity contribution in [3.8, 4) is 22.3 Å². The molecule has 0 saturated heterocycles. The Labute approximate surface area is 268 Å². The monoisotopic (exact) mass is 657 g/mol. The van der Waals surface area contributed by atoms with Gasteiger partial charge in [0.15, 0.2) is 0 Å². The number of aliphatic carboxylic acids is 1. The van der Waals surface area contributed by atoms with Gasteiger partial charge in [0.05, 0.1) is 16.6 Å². The van der Waals surface area contributed by atoms with Crippen molar-refractivity contribution in [1.82, 2.24) is 14.9 Å². The number of hydrogen-bond donors (Lipinski definition) is 2. The van der Waals surface area contributed by atoms with E-state index in [2.05, 4.69) is 10.3 Å². The third kappa shape index (κ3) is 5.65. The van der Waals surface area contributed by atoms with Gasteiger partial charge in [-0.3, -0.25) is 14.6 Å². The van der Waals surface area contributed by atoms with Crippen molar-refractivity contribution in [2.45, 2.75) is 18.6 Å². The number of halogens is 5. The number of carboxylic acids is 1. The number of carboxylic acid groups (broad SMARTS) is 1. The molecule has 7 nitrogen and oxygen atoms in total. The third-order valence-corrected chi connectivity index (χ3v) is 8.19. The number of carbonyl (C=O) groups is 2. The van der Waals surface area contributed by atoms with E-state index in [4.69, 9.17) is 0 Å². The lowest BCUT2D eigenvalue weighted by atomic mass is 9.90. The SMILES string of the molecule is Cn1c(=O)c(-c2cccc3c(C[C@H](NC(=O)c4c(F)ccc(-c5cccnc5)c4F)C(=O)O)cccc23)c(C(F)(F)F)c2ccccc21. The fourth-order valence-electron chi connectivity index (χ4n) is 5.97. The van der Waals surface area contributed by atoms with E-state index in [0.717, 1.165) is 16.7 Å². The summed E-state index contributed by atoms with van der Waals surface area (Å²) in [4.78, 5) is 42.9. The molecule has 0 saturated carbocycles. The molecular formula is C36H24F5N3O4. The van der Waals surface area contributed by atoms with Gasteiger partial charge < -0.3 is 15.0 Å². The first kappa shape index (κ1) is 32.0. The van der Waals surface area contributed by atoms with Crippen LogP contribution in [0.1, 0.15) is 21.5 Å². The summed E-state index contributed by atoms with van der Waals surface area (Å²) in [7, 11) is 1.38. The first-order valence-electron chi connectivity index (χ1n) is 14.5. The zero-order valence-corrected chi connectivity index (χ0v) is 25.0. The number of nitrogens with zero attached hydrogens (tertiary/aromatic N) is 2. The van der Waals surface area contributed by atoms with Crippen LogP contribution in [0, 0.1) is 11.6 Å². The number of alkyl halides is 3. The summed E-state index contributed by atoms with van der Waals surface area (Å²) in [5.74, 6) is -5.27. The Bertz CT molecular complexity index is 2300. The van der Waals surface area contributed by atoms with Crippen LogP contribution in [0.15, 0.2) is 102 Å². The molecule has 1 amide bonds. The largest absolute Gasteiger partial charge is 0.480 e. The number of aryl methyl sites for hydroxylation is 1. The normalized spacial score (nSPS) is 12.3. The molecule has 48 heavy (non-hydrogen) atoms. The van der Waals surface area contributed by atoms with Gasteiger partial charge in [-0.05, 0) is 46.2 Å². The van der Waals surface area contributed by atoms with Gasteiger partial charge in [0.1, 0.15) is 23.2 Å². The van der Waals surface area contributed by atoms with Gasteiger partial charge in [0.25, 0.3) is 11.5 Å². The van der Waals surface area contributed by atoms with E-state index in [9.17, 15) is 37.1 Å². The number of aromatic nitrogens is 2. The summed E-state index contributed by atoms with van der Waals surface area (Å²) in [6, 6.07) is 17.9. The Morgan fingerprint density at radius 1 is 0.875 bits per heavy atom. The lowest BCUT2D eigenvalue weighted by molar-refractivity contribution is -0.139. The number of benzene rings is 4. The van der Waals surface area contributed by atoms with Crippen LogP contribution in [0.3, 0.4) is 0 Å². The second kappa shape index (κ2) is 12.4. The average Bonchev–Trinajstić information content (AvgIpc) is 3.05. The van der Waals surface area contributed by atoms with Crippen LogP contribution in [0.2, 0.25) is 0 Å². The van der Waals surface area contributed by atoms with E-state index in [-0.39, 0.29) is 33.0 Å². The quantitative estimate of drug-likeness (QED) is 0.178. The standard InChI is InChI=1S/C36H24F5N3O4/c1-44-28-13-3-2-9-25(28)31(36(39,40)41)29(34(44)46)24-12-5-10-21-19(7-4-11-23(21)24)17-27(35(47)48)43-33(45)30-26(37)15-14-22(32(30)38)20-8-6-16-42-18-20/h2-16,18,27H,17H2,1H3,(H,43,45)(H,47,48)/t27-/m0/s1. The van der Waals surface area contributed by atoms with Gasteiger partial charge in [0, 0.05) is 42.4 Å². The molecule has 242 valence electrons. The maximum atomic E-state index is 15.5. The van der Waals surface area contributed by atoms with Crippen molar-refractivity contribution >= 4 is 33.6 Å². The lowest BCUT2D eigenvalue weighted by Gasteiger charge is -2.20. The number of para-hydroxylation sites is 1. The van der Waals surface area contributed by atoms with Crippen LogP contribution < -0.4 is 10.9 Å². The molecule has 2 aromatic heterocycles. The molecule has 0 bridgehead atoms. The fourth-order valence-corrected chi connectivity index (χ4v) is 5.97. The molecule has 0 radical (unpaired) electrons. The number of nitrogens with one attached hydrogen (secondary N) is 1. The van der Waals surface area contributed by atoms with E-state index in [0.29, 0.717) is 10.9 Å². The highest BCUT2D eigenvalue weighted by Gasteiger charge is 2.38. The molecule has 0 fully saturated rings. The van der Waals surface area contributed by atoms with E-state index >= 15 is 4.39 Å². The predicted molar refractivity (Wildman–Crippen MR) is 169 cm³/mol. The van der Waals surface area contributed by atoms with Crippen LogP contribution in [0.25, 0.3) is 43.9 Å². The maximum Gasteiger partial charge on any atom is 0.417 e.